The normalized spacial score (nSPS) is 22.9. The fourth-order valence-corrected chi connectivity index (χ4v) is 6.08. The number of carbonyl (C=O) groups is 2. The Morgan fingerprint density at radius 3 is 2.71 bits per heavy atom. The van der Waals surface area contributed by atoms with Crippen LogP contribution < -0.4 is 5.32 Å². The molecule has 1 heterocycles. The summed E-state index contributed by atoms with van der Waals surface area (Å²) in [7, 11) is -1.97. The zero-order valence-corrected chi connectivity index (χ0v) is 21.9. The van der Waals surface area contributed by atoms with Crippen LogP contribution in [0.2, 0.25) is 0 Å². The van der Waals surface area contributed by atoms with Crippen LogP contribution in [-0.4, -0.2) is 62.5 Å². The SMILES string of the molecule is CCOC1=CC=CC(OC)(C(CS(C)(=O)=O)N2Cc3ccc(Br)c(NC(=O)C4CC4)c3C2=O)C1. The molecule has 184 valence electrons. The third-order valence-electron chi connectivity index (χ3n) is 6.47. The summed E-state index contributed by atoms with van der Waals surface area (Å²) in [4.78, 5) is 27.8. The molecule has 1 fully saturated rings. The first-order valence-corrected chi connectivity index (χ1v) is 14.1. The number of anilines is 1. The maximum atomic E-state index is 13.8. The molecule has 2 unspecified atom stereocenters. The van der Waals surface area contributed by atoms with Gasteiger partial charge in [0, 0.05) is 36.7 Å². The van der Waals surface area contributed by atoms with Gasteiger partial charge < -0.3 is 19.7 Å². The Hall–Kier alpha value is -2.17. The average molecular weight is 553 g/mol. The number of allylic oxidation sites excluding steroid dienone is 2. The second-order valence-corrected chi connectivity index (χ2v) is 12.1. The fourth-order valence-electron chi connectivity index (χ4n) is 4.62. The van der Waals surface area contributed by atoms with Gasteiger partial charge in [0.15, 0.2) is 0 Å². The lowest BCUT2D eigenvalue weighted by molar-refractivity contribution is -0.117. The van der Waals surface area contributed by atoms with E-state index >= 15 is 0 Å². The van der Waals surface area contributed by atoms with Gasteiger partial charge in [0.05, 0.1) is 35.4 Å². The number of amides is 2. The molecule has 4 rings (SSSR count). The van der Waals surface area contributed by atoms with Crippen molar-refractivity contribution in [3.8, 4) is 0 Å². The smallest absolute Gasteiger partial charge is 0.257 e. The molecule has 8 nitrogen and oxygen atoms in total. The van der Waals surface area contributed by atoms with Crippen molar-refractivity contribution < 1.29 is 27.5 Å². The first-order valence-electron chi connectivity index (χ1n) is 11.3. The first kappa shape index (κ1) is 24.9. The number of rotatable bonds is 9. The van der Waals surface area contributed by atoms with Gasteiger partial charge in [-0.05, 0) is 53.4 Å². The number of hydrogen-bond donors (Lipinski definition) is 1. The molecular formula is C24H29BrN2O6S. The van der Waals surface area contributed by atoms with Crippen molar-refractivity contribution in [3.05, 3.63) is 51.7 Å². The molecule has 3 aliphatic rings. The summed E-state index contributed by atoms with van der Waals surface area (Å²) in [6.07, 6.45) is 8.53. The Labute approximate surface area is 208 Å². The van der Waals surface area contributed by atoms with Crippen LogP contribution in [0.15, 0.2) is 40.6 Å². The monoisotopic (exact) mass is 552 g/mol. The molecule has 0 saturated heterocycles. The van der Waals surface area contributed by atoms with Crippen LogP contribution >= 0.6 is 15.9 Å². The summed E-state index contributed by atoms with van der Waals surface area (Å²) < 4.78 is 37.3. The summed E-state index contributed by atoms with van der Waals surface area (Å²) in [6, 6.07) is 2.81. The van der Waals surface area contributed by atoms with Crippen molar-refractivity contribution in [1.29, 1.82) is 0 Å². The standard InChI is InChI=1S/C24H29BrN2O6S/c1-4-33-17-6-5-11-24(12-17,32-2)19(14-34(3,30)31)27-13-16-9-10-18(25)21(20(16)23(27)29)26-22(28)15-7-8-15/h5-6,9-11,15,19H,4,7-8,12-14H2,1-3H3,(H,26,28). The van der Waals surface area contributed by atoms with Gasteiger partial charge in [0.2, 0.25) is 5.91 Å². The molecule has 34 heavy (non-hydrogen) atoms. The third-order valence-corrected chi connectivity index (χ3v) is 8.06. The van der Waals surface area contributed by atoms with E-state index in [4.69, 9.17) is 9.47 Å². The second kappa shape index (κ2) is 9.47. The minimum absolute atomic E-state index is 0.0266. The summed E-state index contributed by atoms with van der Waals surface area (Å²) in [5.41, 5.74) is 0.452. The Morgan fingerprint density at radius 1 is 1.35 bits per heavy atom. The van der Waals surface area contributed by atoms with Gasteiger partial charge in [-0.1, -0.05) is 18.2 Å². The highest BCUT2D eigenvalue weighted by atomic mass is 79.9. The molecule has 0 radical (unpaired) electrons. The number of nitrogens with zero attached hydrogens (tertiary/aromatic N) is 1. The number of nitrogens with one attached hydrogen (secondary N) is 1. The summed E-state index contributed by atoms with van der Waals surface area (Å²) >= 11 is 3.47. The van der Waals surface area contributed by atoms with Crippen molar-refractivity contribution in [3.63, 3.8) is 0 Å². The zero-order chi connectivity index (χ0) is 24.7. The maximum Gasteiger partial charge on any atom is 0.257 e. The van der Waals surface area contributed by atoms with Crippen LogP contribution in [0.5, 0.6) is 0 Å². The summed E-state index contributed by atoms with van der Waals surface area (Å²) in [6.45, 7) is 2.54. The minimum Gasteiger partial charge on any atom is -0.498 e. The highest BCUT2D eigenvalue weighted by Gasteiger charge is 2.48. The highest BCUT2D eigenvalue weighted by molar-refractivity contribution is 9.10. The van der Waals surface area contributed by atoms with Crippen LogP contribution in [0.25, 0.3) is 0 Å². The molecular weight excluding hydrogens is 524 g/mol. The third kappa shape index (κ3) is 4.94. The fraction of sp³-hybridized carbons (Fsp3) is 0.500. The molecule has 2 aliphatic carbocycles. The number of ether oxygens (including phenoxy) is 2. The van der Waals surface area contributed by atoms with Gasteiger partial charge >= 0.3 is 0 Å². The van der Waals surface area contributed by atoms with E-state index in [1.165, 1.54) is 7.11 Å². The number of carbonyl (C=O) groups excluding carboxylic acids is 2. The molecule has 1 aliphatic heterocycles. The minimum atomic E-state index is -3.49. The topological polar surface area (TPSA) is 102 Å². The molecule has 0 aromatic heterocycles. The van der Waals surface area contributed by atoms with E-state index in [-0.39, 0.29) is 30.0 Å². The highest BCUT2D eigenvalue weighted by Crippen LogP contribution is 2.41. The van der Waals surface area contributed by atoms with Gasteiger partial charge in [-0.2, -0.15) is 0 Å². The van der Waals surface area contributed by atoms with Gasteiger partial charge in [-0.3, -0.25) is 9.59 Å². The van der Waals surface area contributed by atoms with Gasteiger partial charge in [-0.15, -0.1) is 0 Å². The predicted octanol–water partition coefficient (Wildman–Crippen LogP) is 3.43. The van der Waals surface area contributed by atoms with Gasteiger partial charge in [0.1, 0.15) is 15.4 Å². The second-order valence-electron chi connectivity index (χ2n) is 9.02. The average Bonchev–Trinajstić information content (AvgIpc) is 3.58. The van der Waals surface area contributed by atoms with Gasteiger partial charge in [-0.25, -0.2) is 8.42 Å². The maximum absolute atomic E-state index is 13.8. The quantitative estimate of drug-likeness (QED) is 0.503. The molecule has 1 aromatic carbocycles. The van der Waals surface area contributed by atoms with E-state index in [0.29, 0.717) is 34.5 Å². The van der Waals surface area contributed by atoms with E-state index in [1.54, 1.807) is 23.1 Å². The number of hydrogen-bond acceptors (Lipinski definition) is 6. The molecule has 2 amide bonds. The van der Waals surface area contributed by atoms with Crippen molar-refractivity contribution in [1.82, 2.24) is 4.90 Å². The van der Waals surface area contributed by atoms with E-state index in [9.17, 15) is 18.0 Å². The Bertz CT molecular complexity index is 1170. The Morgan fingerprint density at radius 2 is 2.09 bits per heavy atom. The Balaban J connectivity index is 1.73. The summed E-state index contributed by atoms with van der Waals surface area (Å²) in [5.74, 6) is -0.0951. The van der Waals surface area contributed by atoms with Crippen LogP contribution in [0.4, 0.5) is 5.69 Å². The van der Waals surface area contributed by atoms with Crippen LogP contribution in [0, 0.1) is 5.92 Å². The number of sulfone groups is 1. The number of halogens is 1. The van der Waals surface area contributed by atoms with E-state index in [0.717, 1.165) is 24.7 Å². The molecule has 2 atom stereocenters. The van der Waals surface area contributed by atoms with E-state index in [1.807, 2.05) is 19.1 Å². The lowest BCUT2D eigenvalue weighted by Gasteiger charge is -2.43. The molecule has 10 heteroatoms. The Kier molecular flexibility index (Phi) is 6.94. The lowest BCUT2D eigenvalue weighted by Crippen LogP contribution is -2.56. The van der Waals surface area contributed by atoms with Crippen molar-refractivity contribution >= 4 is 43.3 Å². The molecule has 0 spiro atoms. The van der Waals surface area contributed by atoms with Gasteiger partial charge in [0.25, 0.3) is 5.91 Å². The largest absolute Gasteiger partial charge is 0.498 e. The molecule has 1 aromatic rings. The number of methoxy groups -OCH3 is 1. The van der Waals surface area contributed by atoms with Crippen molar-refractivity contribution in [2.45, 2.75) is 44.4 Å². The number of benzene rings is 1. The molecule has 1 saturated carbocycles. The molecule has 1 N–H and O–H groups in total. The van der Waals surface area contributed by atoms with E-state index < -0.39 is 21.5 Å². The van der Waals surface area contributed by atoms with Crippen molar-refractivity contribution in [2.24, 2.45) is 5.92 Å². The summed E-state index contributed by atoms with van der Waals surface area (Å²) in [5, 5.41) is 2.91. The van der Waals surface area contributed by atoms with Crippen LogP contribution in [0.3, 0.4) is 0 Å². The van der Waals surface area contributed by atoms with Crippen LogP contribution in [0.1, 0.15) is 42.1 Å². The first-order chi connectivity index (χ1) is 16.1. The molecule has 0 bridgehead atoms. The lowest BCUT2D eigenvalue weighted by atomic mass is 9.86. The number of fused-ring (bicyclic) bond motifs is 1. The zero-order valence-electron chi connectivity index (χ0n) is 19.5. The van der Waals surface area contributed by atoms with Crippen LogP contribution in [-0.2, 0) is 30.7 Å². The van der Waals surface area contributed by atoms with E-state index in [2.05, 4.69) is 21.2 Å². The predicted molar refractivity (Wildman–Crippen MR) is 132 cm³/mol. The van der Waals surface area contributed by atoms with Crippen molar-refractivity contribution in [2.75, 3.05) is 31.0 Å².